The lowest BCUT2D eigenvalue weighted by Gasteiger charge is -2.24. The number of nitrogens with one attached hydrogen (secondary N) is 1. The molecule has 1 aliphatic rings. The van der Waals surface area contributed by atoms with Crippen LogP contribution in [0.3, 0.4) is 0 Å². The minimum atomic E-state index is 0.384. The summed E-state index contributed by atoms with van der Waals surface area (Å²) in [4.78, 5) is 0. The molecule has 2 rings (SSSR count). The van der Waals surface area contributed by atoms with E-state index in [0.29, 0.717) is 6.04 Å². The Morgan fingerprint density at radius 3 is 2.79 bits per heavy atom. The zero-order chi connectivity index (χ0) is 9.97. The van der Waals surface area contributed by atoms with Crippen LogP contribution >= 0.6 is 23.2 Å². The quantitative estimate of drug-likeness (QED) is 0.773. The maximum atomic E-state index is 6.13. The Hall–Kier alpha value is -0.240. The fourth-order valence-electron chi connectivity index (χ4n) is 1.90. The van der Waals surface area contributed by atoms with Crippen LogP contribution in [0.1, 0.15) is 30.9 Å². The van der Waals surface area contributed by atoms with Gasteiger partial charge in [0.05, 0.1) is 0 Å². The molecule has 1 atom stereocenters. The lowest BCUT2D eigenvalue weighted by atomic mass is 9.97. The van der Waals surface area contributed by atoms with Crippen LogP contribution in [-0.2, 0) is 0 Å². The minimum Gasteiger partial charge on any atom is -0.310 e. The Kier molecular flexibility index (Phi) is 3.32. The Labute approximate surface area is 94.4 Å². The van der Waals surface area contributed by atoms with Gasteiger partial charge in [-0.1, -0.05) is 29.6 Å². The normalized spacial score (nSPS) is 22.3. The monoisotopic (exact) mass is 229 g/mol. The van der Waals surface area contributed by atoms with Gasteiger partial charge in [-0.25, -0.2) is 0 Å². The molecule has 0 aromatic heterocycles. The Balaban J connectivity index is 2.24. The second-order valence-electron chi connectivity index (χ2n) is 3.67. The summed E-state index contributed by atoms with van der Waals surface area (Å²) in [6.07, 6.45) is 3.68. The van der Waals surface area contributed by atoms with Crippen molar-refractivity contribution >= 4 is 23.2 Å². The molecule has 1 heterocycles. The van der Waals surface area contributed by atoms with Crippen molar-refractivity contribution in [1.82, 2.24) is 5.32 Å². The van der Waals surface area contributed by atoms with Gasteiger partial charge in [0.2, 0.25) is 0 Å². The molecule has 1 N–H and O–H groups in total. The third kappa shape index (κ3) is 2.22. The van der Waals surface area contributed by atoms with E-state index < -0.39 is 0 Å². The Morgan fingerprint density at radius 2 is 2.07 bits per heavy atom. The molecule has 1 aromatic rings. The Morgan fingerprint density at radius 1 is 1.21 bits per heavy atom. The van der Waals surface area contributed by atoms with Gasteiger partial charge in [0.15, 0.2) is 0 Å². The summed E-state index contributed by atoms with van der Waals surface area (Å²) < 4.78 is 0. The van der Waals surface area contributed by atoms with Crippen molar-refractivity contribution in [3.8, 4) is 0 Å². The zero-order valence-electron chi connectivity index (χ0n) is 7.89. The Bertz CT molecular complexity index is 319. The highest BCUT2D eigenvalue weighted by Gasteiger charge is 2.17. The SMILES string of the molecule is Clc1ccc(Cl)c(C2CCCCN2)c1. The van der Waals surface area contributed by atoms with E-state index in [1.54, 1.807) is 0 Å². The summed E-state index contributed by atoms with van der Waals surface area (Å²) in [5.41, 5.74) is 1.14. The average Bonchev–Trinajstić information content (AvgIpc) is 2.23. The number of piperidine rings is 1. The van der Waals surface area contributed by atoms with Gasteiger partial charge in [0.25, 0.3) is 0 Å². The van der Waals surface area contributed by atoms with E-state index in [0.717, 1.165) is 28.6 Å². The van der Waals surface area contributed by atoms with Crippen LogP contribution in [0, 0.1) is 0 Å². The summed E-state index contributed by atoms with van der Waals surface area (Å²) >= 11 is 12.1. The van der Waals surface area contributed by atoms with Crippen LogP contribution < -0.4 is 5.32 Å². The van der Waals surface area contributed by atoms with Gasteiger partial charge in [0.1, 0.15) is 0 Å². The summed E-state index contributed by atoms with van der Waals surface area (Å²) in [7, 11) is 0. The first-order chi connectivity index (χ1) is 6.77. The van der Waals surface area contributed by atoms with Gasteiger partial charge in [-0.2, -0.15) is 0 Å². The number of hydrogen-bond donors (Lipinski definition) is 1. The summed E-state index contributed by atoms with van der Waals surface area (Å²) in [5, 5.41) is 5.03. The lowest BCUT2D eigenvalue weighted by Crippen LogP contribution is -2.26. The van der Waals surface area contributed by atoms with Gasteiger partial charge >= 0.3 is 0 Å². The molecule has 76 valence electrons. The van der Waals surface area contributed by atoms with Crippen LogP contribution in [-0.4, -0.2) is 6.54 Å². The van der Waals surface area contributed by atoms with Crippen LogP contribution in [0.2, 0.25) is 10.0 Å². The van der Waals surface area contributed by atoms with Crippen molar-refractivity contribution in [3.05, 3.63) is 33.8 Å². The largest absolute Gasteiger partial charge is 0.310 e. The van der Waals surface area contributed by atoms with Crippen LogP contribution in [0.15, 0.2) is 18.2 Å². The lowest BCUT2D eigenvalue weighted by molar-refractivity contribution is 0.412. The van der Waals surface area contributed by atoms with Crippen molar-refractivity contribution in [2.24, 2.45) is 0 Å². The molecule has 0 radical (unpaired) electrons. The molecule has 0 bridgehead atoms. The molecule has 14 heavy (non-hydrogen) atoms. The first kappa shape index (κ1) is 10.3. The van der Waals surface area contributed by atoms with Crippen molar-refractivity contribution in [2.45, 2.75) is 25.3 Å². The van der Waals surface area contributed by atoms with Crippen LogP contribution in [0.4, 0.5) is 0 Å². The molecular formula is C11H13Cl2N. The van der Waals surface area contributed by atoms with Crippen LogP contribution in [0.5, 0.6) is 0 Å². The summed E-state index contributed by atoms with van der Waals surface area (Å²) in [6.45, 7) is 1.08. The molecule has 1 saturated heterocycles. The van der Waals surface area contributed by atoms with Crippen molar-refractivity contribution in [1.29, 1.82) is 0 Å². The molecule has 0 saturated carbocycles. The number of halogens is 2. The van der Waals surface area contributed by atoms with Gasteiger partial charge in [-0.05, 0) is 43.1 Å². The molecule has 0 spiro atoms. The average molecular weight is 230 g/mol. The highest BCUT2D eigenvalue weighted by Crippen LogP contribution is 2.30. The first-order valence-electron chi connectivity index (χ1n) is 4.96. The summed E-state index contributed by atoms with van der Waals surface area (Å²) in [5.74, 6) is 0. The predicted molar refractivity (Wildman–Crippen MR) is 61.1 cm³/mol. The van der Waals surface area contributed by atoms with Crippen molar-refractivity contribution < 1.29 is 0 Å². The third-order valence-corrected chi connectivity index (χ3v) is 3.22. The molecule has 3 heteroatoms. The molecule has 0 amide bonds. The van der Waals surface area contributed by atoms with E-state index in [1.807, 2.05) is 18.2 Å². The van der Waals surface area contributed by atoms with E-state index in [1.165, 1.54) is 12.8 Å². The molecule has 1 nitrogen and oxygen atoms in total. The summed E-state index contributed by atoms with van der Waals surface area (Å²) in [6, 6.07) is 6.05. The van der Waals surface area contributed by atoms with E-state index in [-0.39, 0.29) is 0 Å². The molecule has 1 aromatic carbocycles. The van der Waals surface area contributed by atoms with E-state index in [9.17, 15) is 0 Å². The maximum Gasteiger partial charge on any atom is 0.0454 e. The minimum absolute atomic E-state index is 0.384. The number of benzene rings is 1. The first-order valence-corrected chi connectivity index (χ1v) is 5.71. The fraction of sp³-hybridized carbons (Fsp3) is 0.455. The standard InChI is InChI=1S/C11H13Cl2N/c12-8-4-5-10(13)9(7-8)11-3-1-2-6-14-11/h4-5,7,11,14H,1-3,6H2. The second kappa shape index (κ2) is 4.52. The molecule has 1 fully saturated rings. The number of hydrogen-bond acceptors (Lipinski definition) is 1. The smallest absolute Gasteiger partial charge is 0.0454 e. The topological polar surface area (TPSA) is 12.0 Å². The van der Waals surface area contributed by atoms with Crippen molar-refractivity contribution in [3.63, 3.8) is 0 Å². The van der Waals surface area contributed by atoms with Gasteiger partial charge < -0.3 is 5.32 Å². The van der Waals surface area contributed by atoms with E-state index >= 15 is 0 Å². The second-order valence-corrected chi connectivity index (χ2v) is 4.51. The van der Waals surface area contributed by atoms with Crippen molar-refractivity contribution in [2.75, 3.05) is 6.54 Å². The zero-order valence-corrected chi connectivity index (χ0v) is 9.41. The van der Waals surface area contributed by atoms with Crippen LogP contribution in [0.25, 0.3) is 0 Å². The molecule has 1 unspecified atom stereocenters. The highest BCUT2D eigenvalue weighted by atomic mass is 35.5. The fourth-order valence-corrected chi connectivity index (χ4v) is 2.33. The molecule has 0 aliphatic carbocycles. The predicted octanol–water partition coefficient (Wildman–Crippen LogP) is 3.81. The van der Waals surface area contributed by atoms with E-state index in [4.69, 9.17) is 23.2 Å². The maximum absolute atomic E-state index is 6.13. The van der Waals surface area contributed by atoms with Gasteiger partial charge in [-0.3, -0.25) is 0 Å². The van der Waals surface area contributed by atoms with E-state index in [2.05, 4.69) is 5.32 Å². The highest BCUT2D eigenvalue weighted by molar-refractivity contribution is 6.33. The van der Waals surface area contributed by atoms with Gasteiger partial charge in [0, 0.05) is 16.1 Å². The number of rotatable bonds is 1. The molecular weight excluding hydrogens is 217 g/mol. The van der Waals surface area contributed by atoms with Gasteiger partial charge in [-0.15, -0.1) is 0 Å². The molecule has 1 aliphatic heterocycles. The third-order valence-electron chi connectivity index (χ3n) is 2.64.